The number of likely N-dealkylation sites (tertiary alicyclic amines) is 1. The van der Waals surface area contributed by atoms with Crippen molar-refractivity contribution in [3.8, 4) is 0 Å². The minimum atomic E-state index is 0.461. The first-order valence-electron chi connectivity index (χ1n) is 15.4. The minimum absolute atomic E-state index is 0.461. The Morgan fingerprint density at radius 1 is 0.951 bits per heavy atom. The lowest BCUT2D eigenvalue weighted by Gasteiger charge is -2.41. The fourth-order valence-corrected chi connectivity index (χ4v) is 5.40. The fraction of sp³-hybridized carbons (Fsp3) is 0.514. The van der Waals surface area contributed by atoms with E-state index in [2.05, 4.69) is 102 Å². The maximum absolute atomic E-state index is 11.2. The van der Waals surface area contributed by atoms with Gasteiger partial charge in [-0.25, -0.2) is 9.97 Å². The Balaban J connectivity index is 0.000000285. The van der Waals surface area contributed by atoms with Crippen LogP contribution in [0, 0.1) is 6.92 Å². The predicted molar refractivity (Wildman–Crippen MR) is 176 cm³/mol. The van der Waals surface area contributed by atoms with E-state index in [4.69, 9.17) is 0 Å². The van der Waals surface area contributed by atoms with Crippen molar-refractivity contribution in [1.82, 2.24) is 14.9 Å². The number of aldehydes is 1. The Morgan fingerprint density at radius 2 is 1.61 bits per heavy atom. The van der Waals surface area contributed by atoms with Crippen molar-refractivity contribution in [2.75, 3.05) is 57.1 Å². The zero-order valence-corrected chi connectivity index (χ0v) is 26.9. The number of hydrogen-bond donors (Lipinski definition) is 0. The first-order chi connectivity index (χ1) is 19.8. The molecule has 1 fully saturated rings. The summed E-state index contributed by atoms with van der Waals surface area (Å²) < 4.78 is 0. The monoisotopic (exact) mass is 559 g/mol. The quantitative estimate of drug-likeness (QED) is 0.245. The van der Waals surface area contributed by atoms with E-state index in [1.807, 2.05) is 32.7 Å². The number of benzene rings is 2. The van der Waals surface area contributed by atoms with Crippen molar-refractivity contribution < 1.29 is 4.79 Å². The smallest absolute Gasteiger partial charge is 0.155 e. The molecule has 0 bridgehead atoms. The van der Waals surface area contributed by atoms with Gasteiger partial charge in [0.05, 0.1) is 5.56 Å². The van der Waals surface area contributed by atoms with E-state index in [0.717, 1.165) is 25.8 Å². The maximum atomic E-state index is 11.2. The number of rotatable bonds is 10. The Kier molecular flexibility index (Phi) is 14.5. The van der Waals surface area contributed by atoms with E-state index < -0.39 is 0 Å². The van der Waals surface area contributed by atoms with Crippen LogP contribution in [0.3, 0.4) is 0 Å². The third-order valence-corrected chi connectivity index (χ3v) is 7.99. The van der Waals surface area contributed by atoms with Gasteiger partial charge in [0, 0.05) is 39.1 Å². The molecule has 0 atom stereocenters. The molecule has 1 saturated heterocycles. The number of nitrogens with zero attached hydrogens (tertiary/aromatic N) is 5. The van der Waals surface area contributed by atoms with Crippen LogP contribution in [0.25, 0.3) is 0 Å². The summed E-state index contributed by atoms with van der Waals surface area (Å²) in [6, 6.07) is 19.7. The molecule has 1 aromatic heterocycles. The maximum Gasteiger partial charge on any atom is 0.155 e. The second kappa shape index (κ2) is 17.5. The highest BCUT2D eigenvalue weighted by atomic mass is 16.1. The second-order valence-corrected chi connectivity index (χ2v) is 10.9. The second-order valence-electron chi connectivity index (χ2n) is 10.9. The molecule has 6 nitrogen and oxygen atoms in total. The molecule has 0 radical (unpaired) electrons. The molecule has 41 heavy (non-hydrogen) atoms. The summed E-state index contributed by atoms with van der Waals surface area (Å²) in [5.41, 5.74) is 5.07. The van der Waals surface area contributed by atoms with Gasteiger partial charge in [0.1, 0.15) is 11.6 Å². The number of aryl methyl sites for hydroxylation is 2. The third kappa shape index (κ3) is 9.96. The average molecular weight is 560 g/mol. The fourth-order valence-electron chi connectivity index (χ4n) is 5.40. The van der Waals surface area contributed by atoms with Crippen molar-refractivity contribution in [1.29, 1.82) is 0 Å². The van der Waals surface area contributed by atoms with Gasteiger partial charge in [0.25, 0.3) is 0 Å². The zero-order valence-electron chi connectivity index (χ0n) is 26.9. The standard InChI is InChI=1S/C18H24N4O.C15H23N.C2H6/c1-5-15-7-6-8-17(11-15)21(3)9-10-22(4)18-16(13-23)12-19-14(2)20-18;1-3-9-15(10-12-16(2)13-11-15)14-7-5-4-6-8-14;1-2/h6-8,11-13H,5,9-10H2,1-4H3;4-8H,3,9-13H2,1-2H3;1-2H3. The van der Waals surface area contributed by atoms with Crippen LogP contribution in [-0.2, 0) is 11.8 Å². The molecule has 1 aliphatic rings. The molecule has 0 aliphatic carbocycles. The Hall–Kier alpha value is -3.25. The van der Waals surface area contributed by atoms with Crippen LogP contribution in [0.4, 0.5) is 11.5 Å². The summed E-state index contributed by atoms with van der Waals surface area (Å²) in [5.74, 6) is 1.35. The van der Waals surface area contributed by atoms with E-state index in [0.29, 0.717) is 22.6 Å². The zero-order chi connectivity index (χ0) is 30.3. The molecule has 1 aliphatic heterocycles. The summed E-state index contributed by atoms with van der Waals surface area (Å²) in [6.07, 6.45) is 8.69. The summed E-state index contributed by atoms with van der Waals surface area (Å²) >= 11 is 0. The van der Waals surface area contributed by atoms with Crippen LogP contribution in [0.1, 0.15) is 80.7 Å². The SMILES string of the molecule is CC.CCCC1(c2ccccc2)CCN(C)CC1.CCc1cccc(N(C)CCN(C)c2nc(C)ncc2C=O)c1. The van der Waals surface area contributed by atoms with E-state index in [9.17, 15) is 4.79 Å². The average Bonchev–Trinajstić information content (AvgIpc) is 3.02. The number of hydrogen-bond acceptors (Lipinski definition) is 6. The van der Waals surface area contributed by atoms with Crippen LogP contribution < -0.4 is 9.80 Å². The van der Waals surface area contributed by atoms with Gasteiger partial charge in [-0.05, 0) is 81.4 Å². The largest absolute Gasteiger partial charge is 0.373 e. The van der Waals surface area contributed by atoms with E-state index in [1.165, 1.54) is 50.0 Å². The number of carbonyl (C=O) groups is 1. The molecular formula is C35H53N5O. The van der Waals surface area contributed by atoms with Crippen LogP contribution in [0.5, 0.6) is 0 Å². The van der Waals surface area contributed by atoms with Gasteiger partial charge >= 0.3 is 0 Å². The first kappa shape index (κ1) is 34.0. The van der Waals surface area contributed by atoms with Crippen molar-refractivity contribution in [2.24, 2.45) is 0 Å². The van der Waals surface area contributed by atoms with Crippen LogP contribution >= 0.6 is 0 Å². The molecule has 0 saturated carbocycles. The Bertz CT molecular complexity index is 1160. The van der Waals surface area contributed by atoms with E-state index >= 15 is 0 Å². The highest BCUT2D eigenvalue weighted by molar-refractivity contribution is 5.82. The van der Waals surface area contributed by atoms with Gasteiger partial charge in [-0.2, -0.15) is 0 Å². The van der Waals surface area contributed by atoms with Gasteiger partial charge in [-0.3, -0.25) is 4.79 Å². The van der Waals surface area contributed by atoms with Gasteiger partial charge in [0.15, 0.2) is 6.29 Å². The Labute approximate surface area is 249 Å². The summed E-state index contributed by atoms with van der Waals surface area (Å²) in [7, 11) is 6.26. The van der Waals surface area contributed by atoms with Crippen LogP contribution in [0.15, 0.2) is 60.8 Å². The summed E-state index contributed by atoms with van der Waals surface area (Å²) in [6.45, 7) is 14.4. The topological polar surface area (TPSA) is 52.6 Å². The number of aromatic nitrogens is 2. The lowest BCUT2D eigenvalue weighted by molar-refractivity contribution is 0.112. The first-order valence-corrected chi connectivity index (χ1v) is 15.4. The van der Waals surface area contributed by atoms with E-state index in [-0.39, 0.29) is 0 Å². The molecule has 2 heterocycles. The van der Waals surface area contributed by atoms with Gasteiger partial charge in [0.2, 0.25) is 0 Å². The van der Waals surface area contributed by atoms with E-state index in [1.54, 1.807) is 11.8 Å². The lowest BCUT2D eigenvalue weighted by Crippen LogP contribution is -2.40. The normalized spacial score (nSPS) is 14.1. The highest BCUT2D eigenvalue weighted by Gasteiger charge is 2.34. The van der Waals surface area contributed by atoms with Crippen molar-refractivity contribution in [2.45, 2.75) is 72.1 Å². The molecule has 0 amide bonds. The molecule has 0 unspecified atom stereocenters. The highest BCUT2D eigenvalue weighted by Crippen LogP contribution is 2.39. The number of carbonyl (C=O) groups excluding carboxylic acids is 1. The molecule has 0 N–H and O–H groups in total. The van der Waals surface area contributed by atoms with Crippen LogP contribution in [0.2, 0.25) is 0 Å². The predicted octanol–water partition coefficient (Wildman–Crippen LogP) is 7.21. The summed E-state index contributed by atoms with van der Waals surface area (Å²) in [4.78, 5) is 26.3. The minimum Gasteiger partial charge on any atom is -0.373 e. The molecule has 224 valence electrons. The lowest BCUT2D eigenvalue weighted by atomic mass is 9.70. The van der Waals surface area contributed by atoms with Gasteiger partial charge in [-0.1, -0.05) is 76.6 Å². The molecular weight excluding hydrogens is 506 g/mol. The third-order valence-electron chi connectivity index (χ3n) is 7.99. The Morgan fingerprint density at radius 3 is 2.22 bits per heavy atom. The molecule has 2 aromatic carbocycles. The van der Waals surface area contributed by atoms with Gasteiger partial charge in [-0.15, -0.1) is 0 Å². The molecule has 0 spiro atoms. The summed E-state index contributed by atoms with van der Waals surface area (Å²) in [5, 5.41) is 0. The number of likely N-dealkylation sites (N-methyl/N-ethyl adjacent to an activating group) is 2. The number of anilines is 2. The van der Waals surface area contributed by atoms with Gasteiger partial charge < -0.3 is 14.7 Å². The van der Waals surface area contributed by atoms with Crippen molar-refractivity contribution in [3.63, 3.8) is 0 Å². The van der Waals surface area contributed by atoms with Crippen LogP contribution in [-0.4, -0.2) is 68.5 Å². The number of piperidine rings is 1. The molecule has 4 rings (SSSR count). The van der Waals surface area contributed by atoms with Crippen molar-refractivity contribution in [3.05, 3.63) is 83.3 Å². The van der Waals surface area contributed by atoms with Crippen molar-refractivity contribution >= 4 is 17.8 Å². The molecule has 6 heteroatoms. The molecule has 3 aromatic rings.